The van der Waals surface area contributed by atoms with E-state index in [0.29, 0.717) is 12.5 Å². The first-order chi connectivity index (χ1) is 12.5. The number of hydrogen-bond donors (Lipinski definition) is 2. The van der Waals surface area contributed by atoms with Gasteiger partial charge in [0.05, 0.1) is 16.5 Å². The lowest BCUT2D eigenvalue weighted by Gasteiger charge is -2.17. The Kier molecular flexibility index (Phi) is 6.26. The molecule has 0 fully saturated rings. The van der Waals surface area contributed by atoms with E-state index in [-0.39, 0.29) is 6.54 Å². The van der Waals surface area contributed by atoms with Gasteiger partial charge in [-0.05, 0) is 19.1 Å². The topological polar surface area (TPSA) is 93.1 Å². The summed E-state index contributed by atoms with van der Waals surface area (Å²) >= 11 is 0. The summed E-state index contributed by atoms with van der Waals surface area (Å²) in [5.74, 6) is 0.0694. The highest BCUT2D eigenvalue weighted by Gasteiger charge is 2.37. The van der Waals surface area contributed by atoms with Crippen molar-refractivity contribution in [3.63, 3.8) is 0 Å². The Morgan fingerprint density at radius 3 is 2.56 bits per heavy atom. The van der Waals surface area contributed by atoms with Crippen molar-refractivity contribution in [2.24, 2.45) is 7.05 Å². The lowest BCUT2D eigenvalue weighted by molar-refractivity contribution is -0.139. The normalized spacial score (nSPS) is 13.4. The van der Waals surface area contributed by atoms with E-state index >= 15 is 0 Å². The van der Waals surface area contributed by atoms with Gasteiger partial charge in [0, 0.05) is 32.4 Å². The summed E-state index contributed by atoms with van der Waals surface area (Å²) in [6, 6.07) is 2.54. The molecule has 1 aromatic carbocycles. The van der Waals surface area contributed by atoms with Crippen LogP contribution in [0.15, 0.2) is 41.6 Å². The molecule has 0 aliphatic heterocycles. The molecule has 1 amide bonds. The van der Waals surface area contributed by atoms with Gasteiger partial charge in [0.15, 0.2) is 0 Å². The second-order valence-corrected chi connectivity index (χ2v) is 7.51. The third kappa shape index (κ3) is 5.30. The van der Waals surface area contributed by atoms with Gasteiger partial charge in [-0.2, -0.15) is 17.9 Å². The van der Waals surface area contributed by atoms with Gasteiger partial charge in [0.25, 0.3) is 0 Å². The maximum atomic E-state index is 13.0. The van der Waals surface area contributed by atoms with Gasteiger partial charge in [-0.25, -0.2) is 13.4 Å². The first-order valence-corrected chi connectivity index (χ1v) is 9.43. The summed E-state index contributed by atoms with van der Waals surface area (Å²) in [5.41, 5.74) is -1.29. The van der Waals surface area contributed by atoms with Crippen molar-refractivity contribution in [1.29, 1.82) is 0 Å². The number of amides is 1. The fourth-order valence-corrected chi connectivity index (χ4v) is 3.80. The number of imidazole rings is 1. The van der Waals surface area contributed by atoms with Gasteiger partial charge < -0.3 is 9.88 Å². The molecule has 0 bridgehead atoms. The summed E-state index contributed by atoms with van der Waals surface area (Å²) < 4.78 is 67.5. The standard InChI is InChI=1S/C16H19F3N4O3S/c1-11(15(24)21-8-7-14-20-9-10-23(14)2)22-27(25,26)13-6-4-3-5-12(13)16(17,18)19/h3-6,9-11,22H,7-8H2,1-2H3,(H,21,24)/t11-/m0/s1. The van der Waals surface area contributed by atoms with Crippen LogP contribution in [0.1, 0.15) is 18.3 Å². The number of hydrogen-bond acceptors (Lipinski definition) is 4. The largest absolute Gasteiger partial charge is 0.417 e. The van der Waals surface area contributed by atoms with E-state index < -0.39 is 38.6 Å². The number of carbonyl (C=O) groups is 1. The molecular weight excluding hydrogens is 385 g/mol. The Bertz CT molecular complexity index is 910. The molecule has 0 spiro atoms. The second kappa shape index (κ2) is 8.09. The molecule has 148 valence electrons. The molecule has 27 heavy (non-hydrogen) atoms. The maximum Gasteiger partial charge on any atom is 0.417 e. The van der Waals surface area contributed by atoms with Crippen molar-refractivity contribution in [2.75, 3.05) is 6.54 Å². The minimum Gasteiger partial charge on any atom is -0.354 e. The Hall–Kier alpha value is -2.40. The van der Waals surface area contributed by atoms with Crippen LogP contribution < -0.4 is 10.0 Å². The van der Waals surface area contributed by atoms with E-state index in [2.05, 4.69) is 10.3 Å². The molecule has 0 aliphatic rings. The van der Waals surface area contributed by atoms with Gasteiger partial charge in [-0.15, -0.1) is 0 Å². The summed E-state index contributed by atoms with van der Waals surface area (Å²) in [6.07, 6.45) is -1.07. The number of halogens is 3. The van der Waals surface area contributed by atoms with Gasteiger partial charge in [0.1, 0.15) is 5.82 Å². The van der Waals surface area contributed by atoms with Crippen LogP contribution in [0, 0.1) is 0 Å². The molecule has 1 aromatic heterocycles. The fourth-order valence-electron chi connectivity index (χ4n) is 2.37. The lowest BCUT2D eigenvalue weighted by Crippen LogP contribution is -2.45. The van der Waals surface area contributed by atoms with Crippen molar-refractivity contribution >= 4 is 15.9 Å². The molecule has 0 aliphatic carbocycles. The van der Waals surface area contributed by atoms with Crippen LogP contribution in [0.25, 0.3) is 0 Å². The van der Waals surface area contributed by atoms with Gasteiger partial charge in [-0.3, -0.25) is 4.79 Å². The first-order valence-electron chi connectivity index (χ1n) is 7.95. The first kappa shape index (κ1) is 20.9. The smallest absolute Gasteiger partial charge is 0.354 e. The number of sulfonamides is 1. The Labute approximate surface area is 154 Å². The van der Waals surface area contributed by atoms with E-state index in [0.717, 1.165) is 18.0 Å². The molecule has 0 saturated carbocycles. The van der Waals surface area contributed by atoms with Crippen LogP contribution in [0.5, 0.6) is 0 Å². The fraction of sp³-hybridized carbons (Fsp3) is 0.375. The lowest BCUT2D eigenvalue weighted by atomic mass is 10.2. The van der Waals surface area contributed by atoms with E-state index in [4.69, 9.17) is 0 Å². The SMILES string of the molecule is C[C@H](NS(=O)(=O)c1ccccc1C(F)(F)F)C(=O)NCCc1nccn1C. The van der Waals surface area contributed by atoms with E-state index in [1.807, 2.05) is 4.72 Å². The van der Waals surface area contributed by atoms with Crippen LogP contribution in [0.4, 0.5) is 13.2 Å². The molecule has 0 saturated heterocycles. The van der Waals surface area contributed by atoms with Crippen molar-refractivity contribution in [3.8, 4) is 0 Å². The van der Waals surface area contributed by atoms with E-state index in [1.165, 1.54) is 13.0 Å². The summed E-state index contributed by atoms with van der Waals surface area (Å²) in [7, 11) is -2.75. The Morgan fingerprint density at radius 1 is 1.30 bits per heavy atom. The predicted octanol–water partition coefficient (Wildman–Crippen LogP) is 1.46. The van der Waals surface area contributed by atoms with E-state index in [1.54, 1.807) is 24.0 Å². The maximum absolute atomic E-state index is 13.0. The minimum absolute atomic E-state index is 0.203. The highest BCUT2D eigenvalue weighted by Crippen LogP contribution is 2.33. The zero-order chi connectivity index (χ0) is 20.2. The predicted molar refractivity (Wildman–Crippen MR) is 91.1 cm³/mol. The monoisotopic (exact) mass is 404 g/mol. The zero-order valence-corrected chi connectivity index (χ0v) is 15.4. The van der Waals surface area contributed by atoms with Gasteiger partial charge in [-0.1, -0.05) is 12.1 Å². The average Bonchev–Trinajstić information content (AvgIpc) is 2.98. The summed E-state index contributed by atoms with van der Waals surface area (Å²) in [4.78, 5) is 15.2. The summed E-state index contributed by atoms with van der Waals surface area (Å²) in [5, 5.41) is 2.53. The minimum atomic E-state index is -4.83. The van der Waals surface area contributed by atoms with Gasteiger partial charge in [0.2, 0.25) is 15.9 Å². The molecule has 1 heterocycles. The molecular formula is C16H19F3N4O3S. The number of carbonyl (C=O) groups excluding carboxylic acids is 1. The Morgan fingerprint density at radius 2 is 1.96 bits per heavy atom. The molecule has 11 heteroatoms. The molecule has 2 rings (SSSR count). The van der Waals surface area contributed by atoms with Gasteiger partial charge >= 0.3 is 6.18 Å². The molecule has 1 atom stereocenters. The van der Waals surface area contributed by atoms with Crippen LogP contribution in [-0.2, 0) is 34.5 Å². The summed E-state index contributed by atoms with van der Waals surface area (Å²) in [6.45, 7) is 1.46. The van der Waals surface area contributed by atoms with Crippen LogP contribution in [0.2, 0.25) is 0 Å². The molecule has 7 nitrogen and oxygen atoms in total. The molecule has 2 aromatic rings. The third-order valence-electron chi connectivity index (χ3n) is 3.78. The second-order valence-electron chi connectivity index (χ2n) is 5.83. The number of benzene rings is 1. The zero-order valence-electron chi connectivity index (χ0n) is 14.6. The average molecular weight is 404 g/mol. The van der Waals surface area contributed by atoms with Crippen LogP contribution in [0.3, 0.4) is 0 Å². The number of nitrogens with zero attached hydrogens (tertiary/aromatic N) is 2. The van der Waals surface area contributed by atoms with Crippen molar-refractivity contribution in [1.82, 2.24) is 19.6 Å². The van der Waals surface area contributed by atoms with Crippen LogP contribution in [-0.4, -0.2) is 36.5 Å². The quantitative estimate of drug-likeness (QED) is 0.731. The molecule has 2 N–H and O–H groups in total. The number of aromatic nitrogens is 2. The van der Waals surface area contributed by atoms with Crippen molar-refractivity contribution in [2.45, 2.75) is 30.5 Å². The van der Waals surface area contributed by atoms with E-state index in [9.17, 15) is 26.4 Å². The van der Waals surface area contributed by atoms with Crippen molar-refractivity contribution in [3.05, 3.63) is 48.0 Å². The number of nitrogens with one attached hydrogen (secondary N) is 2. The van der Waals surface area contributed by atoms with Crippen molar-refractivity contribution < 1.29 is 26.4 Å². The number of aryl methyl sites for hydroxylation is 1. The highest BCUT2D eigenvalue weighted by molar-refractivity contribution is 7.89. The highest BCUT2D eigenvalue weighted by atomic mass is 32.2. The number of rotatable bonds is 7. The Balaban J connectivity index is 2.03. The molecule has 0 radical (unpaired) electrons. The van der Waals surface area contributed by atoms with Crippen LogP contribution >= 0.6 is 0 Å². The molecule has 0 unspecified atom stereocenters. The number of alkyl halides is 3. The third-order valence-corrected chi connectivity index (χ3v) is 5.37.